The predicted molar refractivity (Wildman–Crippen MR) is 64.9 cm³/mol. The summed E-state index contributed by atoms with van der Waals surface area (Å²) < 4.78 is 18.4. The average Bonchev–Trinajstić information content (AvgIpc) is 2.82. The minimum absolute atomic E-state index is 0.124. The van der Waals surface area contributed by atoms with Crippen LogP contribution in [0, 0.1) is 5.92 Å². The van der Waals surface area contributed by atoms with E-state index in [-0.39, 0.29) is 12.6 Å². The SMILES string of the molecule is FCC1CCCN(c2nc3ccccc3o2)C1. The molecule has 90 valence electrons. The third-order valence-corrected chi connectivity index (χ3v) is 3.29. The lowest BCUT2D eigenvalue weighted by atomic mass is 10.00. The molecule has 3 nitrogen and oxygen atoms in total. The van der Waals surface area contributed by atoms with Crippen LogP contribution in [0.3, 0.4) is 0 Å². The molecule has 2 heterocycles. The second kappa shape index (κ2) is 4.35. The van der Waals surface area contributed by atoms with Crippen molar-refractivity contribution < 1.29 is 8.81 Å². The molecule has 0 bridgehead atoms. The first kappa shape index (κ1) is 10.6. The zero-order chi connectivity index (χ0) is 11.7. The van der Waals surface area contributed by atoms with Gasteiger partial charge in [-0.2, -0.15) is 4.98 Å². The van der Waals surface area contributed by atoms with E-state index >= 15 is 0 Å². The summed E-state index contributed by atoms with van der Waals surface area (Å²) in [6.07, 6.45) is 1.97. The van der Waals surface area contributed by atoms with Crippen LogP contribution < -0.4 is 4.90 Å². The molecule has 1 aliphatic rings. The number of hydrogen-bond acceptors (Lipinski definition) is 3. The Morgan fingerprint density at radius 3 is 3.12 bits per heavy atom. The van der Waals surface area contributed by atoms with Crippen molar-refractivity contribution in [3.8, 4) is 0 Å². The molecule has 3 rings (SSSR count). The number of nitrogens with zero attached hydrogens (tertiary/aromatic N) is 2. The first-order chi connectivity index (χ1) is 8.36. The summed E-state index contributed by atoms with van der Waals surface area (Å²) in [5.74, 6) is 0.124. The Labute approximate surface area is 99.2 Å². The summed E-state index contributed by atoms with van der Waals surface area (Å²) in [4.78, 5) is 6.49. The number of piperidine rings is 1. The van der Waals surface area contributed by atoms with Crippen LogP contribution in [0.25, 0.3) is 11.1 Å². The van der Waals surface area contributed by atoms with Crippen molar-refractivity contribution in [3.63, 3.8) is 0 Å². The highest BCUT2D eigenvalue weighted by Crippen LogP contribution is 2.26. The van der Waals surface area contributed by atoms with E-state index in [1.54, 1.807) is 0 Å². The van der Waals surface area contributed by atoms with Crippen LogP contribution >= 0.6 is 0 Å². The Morgan fingerprint density at radius 1 is 1.41 bits per heavy atom. The van der Waals surface area contributed by atoms with E-state index in [1.807, 2.05) is 29.2 Å². The largest absolute Gasteiger partial charge is 0.423 e. The van der Waals surface area contributed by atoms with Crippen molar-refractivity contribution in [2.75, 3.05) is 24.7 Å². The van der Waals surface area contributed by atoms with Crippen molar-refractivity contribution in [1.29, 1.82) is 0 Å². The van der Waals surface area contributed by atoms with Gasteiger partial charge in [0.2, 0.25) is 0 Å². The van der Waals surface area contributed by atoms with Gasteiger partial charge in [0, 0.05) is 19.0 Å². The number of rotatable bonds is 2. The number of alkyl halides is 1. The van der Waals surface area contributed by atoms with Gasteiger partial charge in [-0.25, -0.2) is 0 Å². The standard InChI is InChI=1S/C13H15FN2O/c14-8-10-4-3-7-16(9-10)13-15-11-5-1-2-6-12(11)17-13/h1-2,5-6,10H,3-4,7-9H2. The smallest absolute Gasteiger partial charge is 0.298 e. The van der Waals surface area contributed by atoms with Crippen LogP contribution in [0.15, 0.2) is 28.7 Å². The molecule has 1 aromatic heterocycles. The molecular weight excluding hydrogens is 219 g/mol. The number of anilines is 1. The van der Waals surface area contributed by atoms with Crippen molar-refractivity contribution >= 4 is 17.1 Å². The van der Waals surface area contributed by atoms with Gasteiger partial charge in [-0.3, -0.25) is 4.39 Å². The highest BCUT2D eigenvalue weighted by molar-refractivity contribution is 5.74. The number of benzene rings is 1. The predicted octanol–water partition coefficient (Wildman–Crippen LogP) is 3.01. The first-order valence-electron chi connectivity index (χ1n) is 6.03. The van der Waals surface area contributed by atoms with E-state index in [9.17, 15) is 4.39 Å². The molecule has 0 N–H and O–H groups in total. The zero-order valence-electron chi connectivity index (χ0n) is 9.60. The van der Waals surface area contributed by atoms with E-state index in [0.29, 0.717) is 12.6 Å². The molecule has 0 aliphatic carbocycles. The fourth-order valence-electron chi connectivity index (χ4n) is 2.36. The molecule has 17 heavy (non-hydrogen) atoms. The summed E-state index contributed by atoms with van der Waals surface area (Å²) in [6, 6.07) is 8.33. The highest BCUT2D eigenvalue weighted by atomic mass is 19.1. The molecule has 2 aromatic rings. The molecule has 1 saturated heterocycles. The van der Waals surface area contributed by atoms with Gasteiger partial charge in [0.1, 0.15) is 5.52 Å². The highest BCUT2D eigenvalue weighted by Gasteiger charge is 2.23. The molecule has 1 atom stereocenters. The van der Waals surface area contributed by atoms with Crippen LogP contribution in [0.5, 0.6) is 0 Å². The Morgan fingerprint density at radius 2 is 2.29 bits per heavy atom. The molecule has 4 heteroatoms. The van der Waals surface area contributed by atoms with Crippen molar-refractivity contribution in [2.24, 2.45) is 5.92 Å². The molecule has 0 saturated carbocycles. The monoisotopic (exact) mass is 234 g/mol. The maximum absolute atomic E-state index is 12.7. The van der Waals surface area contributed by atoms with Crippen LogP contribution in [-0.4, -0.2) is 24.7 Å². The Bertz CT molecular complexity index is 478. The normalized spacial score (nSPS) is 21.0. The number of oxazole rings is 1. The lowest BCUT2D eigenvalue weighted by Gasteiger charge is -2.29. The third-order valence-electron chi connectivity index (χ3n) is 3.29. The number of aromatic nitrogens is 1. The molecule has 0 amide bonds. The topological polar surface area (TPSA) is 29.3 Å². The van der Waals surface area contributed by atoms with E-state index in [1.165, 1.54) is 0 Å². The maximum Gasteiger partial charge on any atom is 0.298 e. The van der Waals surface area contributed by atoms with Crippen molar-refractivity contribution in [3.05, 3.63) is 24.3 Å². The lowest BCUT2D eigenvalue weighted by Crippen LogP contribution is -2.36. The molecule has 0 spiro atoms. The fraction of sp³-hybridized carbons (Fsp3) is 0.462. The van der Waals surface area contributed by atoms with Gasteiger partial charge >= 0.3 is 0 Å². The fourth-order valence-corrected chi connectivity index (χ4v) is 2.36. The third kappa shape index (κ3) is 1.99. The van der Waals surface area contributed by atoms with E-state index in [0.717, 1.165) is 30.5 Å². The number of fused-ring (bicyclic) bond motifs is 1. The zero-order valence-corrected chi connectivity index (χ0v) is 9.60. The molecule has 1 aliphatic heterocycles. The molecule has 1 fully saturated rings. The van der Waals surface area contributed by atoms with Gasteiger partial charge < -0.3 is 9.32 Å². The summed E-state index contributed by atoms with van der Waals surface area (Å²) in [5.41, 5.74) is 1.66. The minimum atomic E-state index is -0.253. The second-order valence-corrected chi connectivity index (χ2v) is 4.57. The van der Waals surface area contributed by atoms with Gasteiger partial charge in [-0.1, -0.05) is 12.1 Å². The average molecular weight is 234 g/mol. The summed E-state index contributed by atoms with van der Waals surface area (Å²) >= 11 is 0. The lowest BCUT2D eigenvalue weighted by molar-refractivity contribution is 0.309. The van der Waals surface area contributed by atoms with E-state index in [2.05, 4.69) is 4.98 Å². The molecule has 1 aromatic carbocycles. The quantitative estimate of drug-likeness (QED) is 0.799. The Hall–Kier alpha value is -1.58. The van der Waals surface area contributed by atoms with Crippen LogP contribution in [0.2, 0.25) is 0 Å². The van der Waals surface area contributed by atoms with Gasteiger partial charge in [0.05, 0.1) is 6.67 Å². The van der Waals surface area contributed by atoms with Gasteiger partial charge in [0.25, 0.3) is 6.01 Å². The minimum Gasteiger partial charge on any atom is -0.423 e. The molecular formula is C13H15FN2O. The summed E-state index contributed by atoms with van der Waals surface area (Å²) in [5, 5.41) is 0. The second-order valence-electron chi connectivity index (χ2n) is 4.57. The van der Waals surface area contributed by atoms with Crippen LogP contribution in [0.4, 0.5) is 10.4 Å². The number of halogens is 1. The molecule has 1 unspecified atom stereocenters. The number of hydrogen-bond donors (Lipinski definition) is 0. The van der Waals surface area contributed by atoms with Crippen molar-refractivity contribution in [1.82, 2.24) is 4.98 Å². The Balaban J connectivity index is 1.87. The number of para-hydroxylation sites is 2. The summed E-state index contributed by atoms with van der Waals surface area (Å²) in [7, 11) is 0. The van der Waals surface area contributed by atoms with Crippen LogP contribution in [0.1, 0.15) is 12.8 Å². The van der Waals surface area contributed by atoms with Crippen molar-refractivity contribution in [2.45, 2.75) is 12.8 Å². The Kier molecular flexibility index (Phi) is 2.71. The first-order valence-corrected chi connectivity index (χ1v) is 6.03. The van der Waals surface area contributed by atoms with Gasteiger partial charge in [-0.15, -0.1) is 0 Å². The van der Waals surface area contributed by atoms with Gasteiger partial charge in [-0.05, 0) is 25.0 Å². The molecule has 0 radical (unpaired) electrons. The van der Waals surface area contributed by atoms with E-state index < -0.39 is 0 Å². The van der Waals surface area contributed by atoms with E-state index in [4.69, 9.17) is 4.42 Å². The maximum atomic E-state index is 12.7. The summed E-state index contributed by atoms with van der Waals surface area (Å²) in [6.45, 7) is 1.36. The van der Waals surface area contributed by atoms with Crippen LogP contribution in [-0.2, 0) is 0 Å². The van der Waals surface area contributed by atoms with Gasteiger partial charge in [0.15, 0.2) is 5.58 Å².